The lowest BCUT2D eigenvalue weighted by atomic mass is 9.71. The van der Waals surface area contributed by atoms with E-state index in [4.69, 9.17) is 33.4 Å². The van der Waals surface area contributed by atoms with Crippen molar-refractivity contribution >= 4 is 68.9 Å². The average molecular weight is 794 g/mol. The van der Waals surface area contributed by atoms with Gasteiger partial charge in [-0.1, -0.05) is 106 Å². The molecule has 1 heterocycles. The van der Waals surface area contributed by atoms with Crippen molar-refractivity contribution in [2.75, 3.05) is 0 Å². The first kappa shape index (κ1) is 41.9. The summed E-state index contributed by atoms with van der Waals surface area (Å²) in [5.41, 5.74) is 5.20. The van der Waals surface area contributed by atoms with Gasteiger partial charge in [0.1, 0.15) is 11.4 Å². The number of carbonyl (C=O) groups is 2. The van der Waals surface area contributed by atoms with Crippen LogP contribution < -0.4 is 0 Å². The molecule has 0 atom stereocenters. The molecule has 0 saturated carbocycles. The number of thiophene rings is 1. The number of nitrogens with zero attached hydrogens (tertiary/aromatic N) is 4. The lowest BCUT2D eigenvalue weighted by Crippen LogP contribution is -2.28. The standard InChI is InChI=1S/C46H50Cl2N4O2S/c1-43(2,3)33-23-27(24-34(41(33)53)44(4,5)6)39(51-49-31-17-13-29(47)14-18-31)37-21-22-38(55-37)40(52-50-32-19-15-30(48)16-20-32)28-25-35(45(7,8)9)42(54)36(26-28)46(10,11)12/h13-26H,1-12H3/b51-49+,52-50+. The molecule has 2 aliphatic rings. The number of azo groups is 2. The molecule has 9 heteroatoms. The third-order valence-corrected chi connectivity index (χ3v) is 10.8. The Labute approximate surface area is 340 Å². The van der Waals surface area contributed by atoms with Crippen molar-refractivity contribution in [3.63, 3.8) is 0 Å². The van der Waals surface area contributed by atoms with E-state index in [9.17, 15) is 9.59 Å². The van der Waals surface area contributed by atoms with E-state index in [2.05, 4.69) is 93.3 Å². The van der Waals surface area contributed by atoms with Crippen LogP contribution in [-0.4, -0.2) is 11.6 Å². The molecule has 1 aromatic heterocycles. The molecule has 0 aliphatic heterocycles. The van der Waals surface area contributed by atoms with Crippen molar-refractivity contribution in [1.29, 1.82) is 0 Å². The maximum atomic E-state index is 13.9. The molecule has 2 aromatic carbocycles. The fraction of sp³-hybridized carbons (Fsp3) is 0.348. The zero-order chi connectivity index (χ0) is 40.7. The number of allylic oxidation sites excluding steroid dienone is 10. The van der Waals surface area contributed by atoms with Crippen LogP contribution in [0.15, 0.2) is 139 Å². The fourth-order valence-corrected chi connectivity index (χ4v) is 7.35. The summed E-state index contributed by atoms with van der Waals surface area (Å²) in [6.07, 6.45) is 7.82. The van der Waals surface area contributed by atoms with Crippen molar-refractivity contribution < 1.29 is 9.59 Å². The van der Waals surface area contributed by atoms with E-state index in [-0.39, 0.29) is 11.6 Å². The molecule has 3 aromatic rings. The quantitative estimate of drug-likeness (QED) is 0.233. The van der Waals surface area contributed by atoms with Gasteiger partial charge in [-0.3, -0.25) is 9.59 Å². The first-order chi connectivity index (χ1) is 25.4. The van der Waals surface area contributed by atoms with Gasteiger partial charge in [0.25, 0.3) is 0 Å². The molecule has 0 amide bonds. The van der Waals surface area contributed by atoms with E-state index in [1.54, 1.807) is 24.3 Å². The molecule has 0 fully saturated rings. The van der Waals surface area contributed by atoms with Gasteiger partial charge < -0.3 is 0 Å². The highest BCUT2D eigenvalue weighted by molar-refractivity contribution is 7.14. The van der Waals surface area contributed by atoms with Crippen LogP contribution in [0.5, 0.6) is 0 Å². The summed E-state index contributed by atoms with van der Waals surface area (Å²) < 4.78 is 0. The van der Waals surface area contributed by atoms with Gasteiger partial charge in [-0.15, -0.1) is 21.6 Å². The Hall–Kier alpha value is -4.30. The number of hydrogen-bond donors (Lipinski definition) is 0. The Bertz CT molecular complexity index is 2030. The predicted molar refractivity (Wildman–Crippen MR) is 230 cm³/mol. The van der Waals surface area contributed by atoms with Gasteiger partial charge in [-0.2, -0.15) is 10.2 Å². The topological polar surface area (TPSA) is 83.6 Å². The number of ketones is 2. The number of benzene rings is 2. The predicted octanol–water partition coefficient (Wildman–Crippen LogP) is 15.1. The second-order valence-corrected chi connectivity index (χ2v) is 20.0. The minimum absolute atomic E-state index is 0.0361. The molecule has 0 spiro atoms. The SMILES string of the molecule is CC(C)(C)C1=CC(=C(/N=N/c2ccc(Cl)cc2)c2ccc(C(/N=N/c3ccc(Cl)cc3)=C3C=C(C(C)(C)C)C(=O)C(C(C)(C)C)=C3)s2)C=C(C(C)(C)C)C1=O. The van der Waals surface area contributed by atoms with Crippen LogP contribution in [-0.2, 0) is 9.59 Å². The Morgan fingerprint density at radius 2 is 0.727 bits per heavy atom. The van der Waals surface area contributed by atoms with Crippen molar-refractivity contribution in [3.8, 4) is 0 Å². The van der Waals surface area contributed by atoms with E-state index < -0.39 is 21.7 Å². The Balaban J connectivity index is 1.82. The van der Waals surface area contributed by atoms with Crippen LogP contribution >= 0.6 is 34.5 Å². The summed E-state index contributed by atoms with van der Waals surface area (Å²) in [5, 5.41) is 20.3. The second-order valence-electron chi connectivity index (χ2n) is 18.0. The van der Waals surface area contributed by atoms with Gasteiger partial charge >= 0.3 is 0 Å². The monoisotopic (exact) mass is 792 g/mol. The van der Waals surface area contributed by atoms with E-state index in [0.717, 1.165) is 20.9 Å². The van der Waals surface area contributed by atoms with Crippen molar-refractivity contribution in [1.82, 2.24) is 0 Å². The molecule has 0 bridgehead atoms. The normalized spacial score (nSPS) is 16.1. The lowest BCUT2D eigenvalue weighted by molar-refractivity contribution is -0.114. The maximum Gasteiger partial charge on any atom is 0.186 e. The number of Topliss-reactive ketones (excluding diaryl/α,β-unsaturated/α-hetero) is 2. The Morgan fingerprint density at radius 3 is 0.982 bits per heavy atom. The summed E-state index contributed by atoms with van der Waals surface area (Å²) in [6.45, 7) is 24.6. The molecular formula is C46H50Cl2N4O2S. The molecule has 0 saturated heterocycles. The number of carbonyl (C=O) groups excluding carboxylic acids is 2. The van der Waals surface area contributed by atoms with E-state index in [1.165, 1.54) is 11.3 Å². The van der Waals surface area contributed by atoms with Crippen LogP contribution in [0.4, 0.5) is 11.4 Å². The lowest BCUT2D eigenvalue weighted by Gasteiger charge is -2.31. The van der Waals surface area contributed by atoms with Crippen molar-refractivity contribution in [2.24, 2.45) is 42.1 Å². The number of halogens is 2. The van der Waals surface area contributed by atoms with Gasteiger partial charge in [0.05, 0.1) is 21.1 Å². The van der Waals surface area contributed by atoms with Crippen LogP contribution in [0.25, 0.3) is 11.4 Å². The highest BCUT2D eigenvalue weighted by atomic mass is 35.5. The highest BCUT2D eigenvalue weighted by Crippen LogP contribution is 2.45. The zero-order valence-electron chi connectivity index (χ0n) is 33.9. The minimum Gasteiger partial charge on any atom is -0.289 e. The Kier molecular flexibility index (Phi) is 11.9. The van der Waals surface area contributed by atoms with Crippen LogP contribution in [0.1, 0.15) is 92.8 Å². The Morgan fingerprint density at radius 1 is 0.455 bits per heavy atom. The van der Waals surface area contributed by atoms with E-state index in [0.29, 0.717) is 55.1 Å². The molecule has 0 unspecified atom stereocenters. The summed E-state index contributed by atoms with van der Waals surface area (Å²) in [5.74, 6) is 0.0722. The average Bonchev–Trinajstić information content (AvgIpc) is 3.55. The molecule has 0 radical (unpaired) electrons. The van der Waals surface area contributed by atoms with Gasteiger partial charge in [0.2, 0.25) is 0 Å². The first-order valence-corrected chi connectivity index (χ1v) is 19.9. The molecule has 286 valence electrons. The van der Waals surface area contributed by atoms with Crippen molar-refractivity contribution in [2.45, 2.75) is 83.1 Å². The van der Waals surface area contributed by atoms with Crippen LogP contribution in [0, 0.1) is 21.7 Å². The van der Waals surface area contributed by atoms with E-state index >= 15 is 0 Å². The summed E-state index contributed by atoms with van der Waals surface area (Å²) >= 11 is 13.9. The summed E-state index contributed by atoms with van der Waals surface area (Å²) in [7, 11) is 0. The van der Waals surface area contributed by atoms with Crippen molar-refractivity contribution in [3.05, 3.63) is 138 Å². The smallest absolute Gasteiger partial charge is 0.186 e. The van der Waals surface area contributed by atoms with Crippen LogP contribution in [0.3, 0.4) is 0 Å². The van der Waals surface area contributed by atoms with Gasteiger partial charge in [-0.05, 0) is 107 Å². The van der Waals surface area contributed by atoms with Gasteiger partial charge in [-0.25, -0.2) is 0 Å². The van der Waals surface area contributed by atoms with Gasteiger partial charge in [0.15, 0.2) is 11.6 Å². The van der Waals surface area contributed by atoms with Gasteiger partial charge in [0, 0.05) is 43.5 Å². The molecule has 2 aliphatic carbocycles. The third kappa shape index (κ3) is 9.93. The third-order valence-electron chi connectivity index (χ3n) is 9.21. The van der Waals surface area contributed by atoms with E-state index in [1.807, 2.05) is 60.7 Å². The fourth-order valence-electron chi connectivity index (χ4n) is 6.08. The molecule has 5 rings (SSSR count). The number of hydrogen-bond acceptors (Lipinski definition) is 7. The summed E-state index contributed by atoms with van der Waals surface area (Å²) in [4.78, 5) is 29.5. The number of rotatable bonds is 6. The molecular weight excluding hydrogens is 744 g/mol. The zero-order valence-corrected chi connectivity index (χ0v) is 36.2. The first-order valence-electron chi connectivity index (χ1n) is 18.4. The molecule has 0 N–H and O–H groups in total. The molecule has 55 heavy (non-hydrogen) atoms. The second kappa shape index (κ2) is 15.7. The van der Waals surface area contributed by atoms with Crippen LogP contribution in [0.2, 0.25) is 10.0 Å². The highest BCUT2D eigenvalue weighted by Gasteiger charge is 2.36. The largest absolute Gasteiger partial charge is 0.289 e. The molecule has 6 nitrogen and oxygen atoms in total. The summed E-state index contributed by atoms with van der Waals surface area (Å²) in [6, 6.07) is 18.4. The minimum atomic E-state index is -0.418. The maximum absolute atomic E-state index is 13.9.